The molecule has 3 amide bonds. The monoisotopic (exact) mass is 626 g/mol. The van der Waals surface area contributed by atoms with E-state index in [0.29, 0.717) is 11.9 Å². The molecule has 7 rings (SSSR count). The third kappa shape index (κ3) is 5.05. The Hall–Kier alpha value is -4.88. The lowest BCUT2D eigenvalue weighted by Crippen LogP contribution is -2.56. The maximum atomic E-state index is 14.7. The molecular weight excluding hydrogens is 592 g/mol. The van der Waals surface area contributed by atoms with E-state index in [1.165, 1.54) is 9.80 Å². The molecule has 2 N–H and O–H groups in total. The highest BCUT2D eigenvalue weighted by molar-refractivity contribution is 6.00. The number of cyclic esters (lactones) is 1. The number of allylic oxidation sites excluding steroid dienone is 1. The highest BCUT2D eigenvalue weighted by atomic mass is 16.5. The highest BCUT2D eigenvalue weighted by Crippen LogP contribution is 2.55. The number of hydrogen-bond donors (Lipinski definition) is 2. The lowest BCUT2D eigenvalue weighted by Gasteiger charge is -2.35. The number of amides is 3. The van der Waals surface area contributed by atoms with Crippen LogP contribution >= 0.6 is 0 Å². The lowest BCUT2D eigenvalue weighted by molar-refractivity contribution is -0.149. The van der Waals surface area contributed by atoms with E-state index in [4.69, 9.17) is 9.47 Å². The average Bonchev–Trinajstić information content (AvgIpc) is 3.82. The molecule has 5 bridgehead atoms. The quantitative estimate of drug-likeness (QED) is 0.313. The Morgan fingerprint density at radius 1 is 1.00 bits per heavy atom. The van der Waals surface area contributed by atoms with Gasteiger partial charge in [0.15, 0.2) is 0 Å². The zero-order valence-corrected chi connectivity index (χ0v) is 25.0. The van der Waals surface area contributed by atoms with Crippen molar-refractivity contribution < 1.29 is 33.8 Å². The van der Waals surface area contributed by atoms with E-state index in [9.17, 15) is 24.3 Å². The second-order valence-electron chi connectivity index (χ2n) is 11.9. The van der Waals surface area contributed by atoms with E-state index in [-0.39, 0.29) is 39.4 Å². The number of aliphatic hydroxyl groups is 1. The van der Waals surface area contributed by atoms with Crippen molar-refractivity contribution in [1.82, 2.24) is 30.1 Å². The summed E-state index contributed by atoms with van der Waals surface area (Å²) in [6.07, 6.45) is 6.79. The van der Waals surface area contributed by atoms with Crippen LogP contribution in [0.25, 0.3) is 11.0 Å². The number of β-amino-alcohol motifs (C(OH)–C–C–N with tert-alkyl or cyclic N) is 1. The Morgan fingerprint density at radius 3 is 2.63 bits per heavy atom. The Morgan fingerprint density at radius 2 is 1.80 bits per heavy atom. The normalized spacial score (nSPS) is 30.5. The van der Waals surface area contributed by atoms with Crippen LogP contribution in [0, 0.1) is 11.8 Å². The molecule has 3 aromatic rings. The molecule has 1 aromatic heterocycles. The Bertz CT molecular complexity index is 1720. The number of aromatic nitrogens is 3. The van der Waals surface area contributed by atoms with Gasteiger partial charge >= 0.3 is 5.97 Å². The number of likely N-dealkylation sites (tertiary alicyclic amines) is 1. The minimum Gasteiger partial charge on any atom is -0.463 e. The smallest absolute Gasteiger partial charge is 0.306 e. The summed E-state index contributed by atoms with van der Waals surface area (Å²) in [5.74, 6) is -3.68. The zero-order chi connectivity index (χ0) is 31.8. The summed E-state index contributed by atoms with van der Waals surface area (Å²) in [5, 5.41) is 21.5. The first-order valence-corrected chi connectivity index (χ1v) is 15.4. The number of nitrogens with one attached hydrogen (secondary N) is 1. The average molecular weight is 627 g/mol. The van der Waals surface area contributed by atoms with Gasteiger partial charge in [-0.2, -0.15) is 0 Å². The van der Waals surface area contributed by atoms with Crippen molar-refractivity contribution in [3.8, 4) is 0 Å². The van der Waals surface area contributed by atoms with E-state index in [1.807, 2.05) is 54.6 Å². The van der Waals surface area contributed by atoms with Gasteiger partial charge in [0.25, 0.3) is 5.91 Å². The minimum atomic E-state index is -1.41. The molecule has 0 saturated carbocycles. The fraction of sp³-hybridized carbons (Fsp3) is 0.394. The largest absolute Gasteiger partial charge is 0.463 e. The van der Waals surface area contributed by atoms with Gasteiger partial charge in [-0.15, -0.1) is 5.10 Å². The van der Waals surface area contributed by atoms with Gasteiger partial charge in [0, 0.05) is 19.5 Å². The molecule has 2 saturated heterocycles. The maximum Gasteiger partial charge on any atom is 0.306 e. The SMILES string of the molecule is O=C1CC/C=C\CN(Cn2nnc3ccccc32)C(=O)[C@@H]2N(CCO)C(=O)[C@H]3[C@H](C(=O)N[C@H](c4ccccc4)CO1)[C@@H]1C=C[C@]23O1. The number of aliphatic hydroxyl groups excluding tert-OH is 1. The van der Waals surface area contributed by atoms with Crippen LogP contribution in [-0.2, 0) is 35.3 Å². The summed E-state index contributed by atoms with van der Waals surface area (Å²) in [4.78, 5) is 58.4. The number of carbonyl (C=O) groups excluding carboxylic acids is 4. The van der Waals surface area contributed by atoms with Gasteiger partial charge in [0.05, 0.1) is 36.1 Å². The molecule has 1 spiro atoms. The van der Waals surface area contributed by atoms with E-state index in [2.05, 4.69) is 15.6 Å². The van der Waals surface area contributed by atoms with Crippen LogP contribution in [-0.4, -0.2) is 97.6 Å². The number of fused-ring (bicyclic) bond motifs is 3. The molecule has 0 unspecified atom stereocenters. The number of rotatable bonds is 5. The van der Waals surface area contributed by atoms with Crippen LogP contribution in [0.3, 0.4) is 0 Å². The third-order valence-corrected chi connectivity index (χ3v) is 9.23. The summed E-state index contributed by atoms with van der Waals surface area (Å²) in [6, 6.07) is 14.7. The van der Waals surface area contributed by atoms with E-state index in [0.717, 1.165) is 11.1 Å². The van der Waals surface area contributed by atoms with Crippen LogP contribution in [0.4, 0.5) is 0 Å². The summed E-state index contributed by atoms with van der Waals surface area (Å²) in [6.45, 7) is -0.430. The van der Waals surface area contributed by atoms with Crippen LogP contribution in [0.2, 0.25) is 0 Å². The molecule has 4 aliphatic heterocycles. The zero-order valence-electron chi connectivity index (χ0n) is 25.0. The topological polar surface area (TPSA) is 156 Å². The predicted molar refractivity (Wildman–Crippen MR) is 162 cm³/mol. The summed E-state index contributed by atoms with van der Waals surface area (Å²) >= 11 is 0. The molecule has 13 nitrogen and oxygen atoms in total. The van der Waals surface area contributed by atoms with Crippen molar-refractivity contribution in [3.05, 3.63) is 84.5 Å². The summed E-state index contributed by atoms with van der Waals surface area (Å²) in [5.41, 5.74) is 0.707. The first-order valence-electron chi connectivity index (χ1n) is 15.4. The Labute approximate surface area is 264 Å². The van der Waals surface area contributed by atoms with Crippen LogP contribution in [0.5, 0.6) is 0 Å². The van der Waals surface area contributed by atoms with E-state index in [1.54, 1.807) is 29.0 Å². The second kappa shape index (κ2) is 12.1. The molecule has 5 heterocycles. The number of esters is 1. The molecule has 0 radical (unpaired) electrons. The minimum absolute atomic E-state index is 0.0138. The molecule has 0 aliphatic carbocycles. The first kappa shape index (κ1) is 29.8. The standard InChI is InChI=1S/C33H34N6O7/c40-18-17-38-29-32(44)37(20-39-24-12-7-6-11-22(24)35-36-39)16-8-2-5-13-26(41)45-19-23(21-9-3-1-4-10-21)34-30(42)27-25-14-15-33(29,46-25)28(27)31(38)43/h1-4,6-12,14-15,23,25,27-29,40H,5,13,16-20H2,(H,34,42)/b8-2-/t23-,25-,27+,28+,29-,33+/m0/s1. The molecule has 2 aromatic carbocycles. The van der Waals surface area contributed by atoms with Gasteiger partial charge in [0.2, 0.25) is 11.8 Å². The fourth-order valence-corrected chi connectivity index (χ4v) is 7.11. The van der Waals surface area contributed by atoms with E-state index >= 15 is 0 Å². The van der Waals surface area contributed by atoms with Crippen LogP contribution in [0.15, 0.2) is 78.9 Å². The van der Waals surface area contributed by atoms with Gasteiger partial charge in [-0.25, -0.2) is 4.68 Å². The van der Waals surface area contributed by atoms with Crippen molar-refractivity contribution in [2.45, 2.75) is 43.3 Å². The lowest BCUT2D eigenvalue weighted by atomic mass is 9.74. The highest BCUT2D eigenvalue weighted by Gasteiger charge is 2.73. The van der Waals surface area contributed by atoms with Gasteiger partial charge in [0.1, 0.15) is 30.4 Å². The maximum absolute atomic E-state index is 14.7. The van der Waals surface area contributed by atoms with Crippen molar-refractivity contribution in [2.75, 3.05) is 26.3 Å². The van der Waals surface area contributed by atoms with E-state index < -0.39 is 59.3 Å². The van der Waals surface area contributed by atoms with Gasteiger partial charge in [-0.05, 0) is 24.1 Å². The summed E-state index contributed by atoms with van der Waals surface area (Å²) in [7, 11) is 0. The first-order chi connectivity index (χ1) is 22.4. The molecule has 2 fully saturated rings. The van der Waals surface area contributed by atoms with Gasteiger partial charge in [-0.1, -0.05) is 72.0 Å². The molecule has 13 heteroatoms. The van der Waals surface area contributed by atoms with Crippen LogP contribution < -0.4 is 5.32 Å². The number of carbonyl (C=O) groups is 4. The molecular formula is C33H34N6O7. The summed E-state index contributed by atoms with van der Waals surface area (Å²) < 4.78 is 13.6. The van der Waals surface area contributed by atoms with Crippen molar-refractivity contribution in [2.24, 2.45) is 11.8 Å². The van der Waals surface area contributed by atoms with Gasteiger partial charge < -0.3 is 29.7 Å². The predicted octanol–water partition coefficient (Wildman–Crippen LogP) is 1.11. The van der Waals surface area contributed by atoms with Crippen molar-refractivity contribution >= 4 is 34.7 Å². The third-order valence-electron chi connectivity index (χ3n) is 9.23. The second-order valence-corrected chi connectivity index (χ2v) is 11.9. The molecule has 6 atom stereocenters. The number of para-hydroxylation sites is 1. The van der Waals surface area contributed by atoms with Crippen molar-refractivity contribution in [1.29, 1.82) is 0 Å². The molecule has 46 heavy (non-hydrogen) atoms. The molecule has 238 valence electrons. The fourth-order valence-electron chi connectivity index (χ4n) is 7.11. The Balaban J connectivity index is 1.27. The number of nitrogens with zero attached hydrogens (tertiary/aromatic N) is 5. The van der Waals surface area contributed by atoms with Crippen LogP contribution in [0.1, 0.15) is 24.4 Å². The molecule has 4 aliphatic rings. The van der Waals surface area contributed by atoms with Gasteiger partial charge in [-0.3, -0.25) is 19.2 Å². The number of hydrogen-bond acceptors (Lipinski definition) is 9. The Kier molecular flexibility index (Phi) is 7.87. The van der Waals surface area contributed by atoms with Crippen molar-refractivity contribution in [3.63, 3.8) is 0 Å². The number of ether oxygens (including phenoxy) is 2. The number of benzene rings is 2.